The van der Waals surface area contributed by atoms with E-state index < -0.39 is 11.8 Å². The number of imide groups is 1. The average Bonchev–Trinajstić information content (AvgIpc) is 2.95. The fraction of sp³-hybridized carbons (Fsp3) is 0.261. The van der Waals surface area contributed by atoms with Crippen LogP contribution in [0.1, 0.15) is 23.6 Å². The summed E-state index contributed by atoms with van der Waals surface area (Å²) in [7, 11) is 1.68. The van der Waals surface area contributed by atoms with Gasteiger partial charge in [0.25, 0.3) is 11.8 Å². The first-order chi connectivity index (χ1) is 14.3. The Morgan fingerprint density at radius 3 is 2.33 bits per heavy atom. The van der Waals surface area contributed by atoms with Crippen LogP contribution in [0.4, 0.5) is 11.4 Å². The van der Waals surface area contributed by atoms with Crippen LogP contribution < -0.4 is 10.2 Å². The highest BCUT2D eigenvalue weighted by Crippen LogP contribution is 2.36. The van der Waals surface area contributed by atoms with Gasteiger partial charge in [-0.3, -0.25) is 14.4 Å². The van der Waals surface area contributed by atoms with E-state index >= 15 is 0 Å². The predicted molar refractivity (Wildman–Crippen MR) is 116 cm³/mol. The first-order valence-electron chi connectivity index (χ1n) is 9.65. The van der Waals surface area contributed by atoms with Crippen LogP contribution in [-0.4, -0.2) is 47.9 Å². The van der Waals surface area contributed by atoms with E-state index in [0.717, 1.165) is 11.1 Å². The molecule has 0 fully saturated rings. The Balaban J connectivity index is 2.11. The summed E-state index contributed by atoms with van der Waals surface area (Å²) in [6.07, 6.45) is 0. The van der Waals surface area contributed by atoms with E-state index in [0.29, 0.717) is 16.9 Å². The quantitative estimate of drug-likeness (QED) is 0.718. The van der Waals surface area contributed by atoms with Crippen molar-refractivity contribution < 1.29 is 19.5 Å². The Bertz CT molecular complexity index is 1040. The van der Waals surface area contributed by atoms with E-state index in [9.17, 15) is 19.5 Å². The molecule has 0 spiro atoms. The van der Waals surface area contributed by atoms with Crippen LogP contribution in [0.2, 0.25) is 0 Å². The third kappa shape index (κ3) is 3.84. The highest BCUT2D eigenvalue weighted by Gasteiger charge is 2.42. The zero-order valence-corrected chi connectivity index (χ0v) is 17.5. The minimum atomic E-state index is -0.425. The second kappa shape index (κ2) is 8.51. The molecule has 1 aliphatic heterocycles. The number of benzene rings is 2. The van der Waals surface area contributed by atoms with E-state index in [-0.39, 0.29) is 30.3 Å². The highest BCUT2D eigenvalue weighted by atomic mass is 16.3. The Hall–Kier alpha value is -3.45. The van der Waals surface area contributed by atoms with Gasteiger partial charge in [0, 0.05) is 26.2 Å². The van der Waals surface area contributed by atoms with Gasteiger partial charge in [0.1, 0.15) is 5.70 Å². The lowest BCUT2D eigenvalue weighted by atomic mass is 10.0. The van der Waals surface area contributed by atoms with E-state index in [1.54, 1.807) is 42.3 Å². The van der Waals surface area contributed by atoms with Crippen LogP contribution in [0.3, 0.4) is 0 Å². The zero-order valence-electron chi connectivity index (χ0n) is 17.5. The fourth-order valence-corrected chi connectivity index (χ4v) is 3.51. The van der Waals surface area contributed by atoms with Crippen molar-refractivity contribution in [1.29, 1.82) is 0 Å². The molecule has 2 aromatic carbocycles. The molecule has 0 bridgehead atoms. The molecule has 0 saturated carbocycles. The number of aliphatic hydroxyl groups is 1. The number of aryl methyl sites for hydroxylation is 1. The van der Waals surface area contributed by atoms with Gasteiger partial charge in [0.15, 0.2) is 0 Å². The van der Waals surface area contributed by atoms with Crippen molar-refractivity contribution >= 4 is 34.7 Å². The maximum Gasteiger partial charge on any atom is 0.282 e. The lowest BCUT2D eigenvalue weighted by Crippen LogP contribution is -2.35. The van der Waals surface area contributed by atoms with Crippen LogP contribution in [0.5, 0.6) is 0 Å². The fourth-order valence-electron chi connectivity index (χ4n) is 3.51. The molecule has 3 amide bonds. The highest BCUT2D eigenvalue weighted by molar-refractivity contribution is 6.45. The van der Waals surface area contributed by atoms with E-state index in [1.165, 1.54) is 11.8 Å². The number of anilines is 2. The number of nitrogens with zero attached hydrogens (tertiary/aromatic N) is 2. The summed E-state index contributed by atoms with van der Waals surface area (Å²) in [4.78, 5) is 40.9. The molecule has 2 aromatic rings. The molecular formula is C23H25N3O4. The first kappa shape index (κ1) is 21.3. The smallest absolute Gasteiger partial charge is 0.282 e. The van der Waals surface area contributed by atoms with E-state index in [2.05, 4.69) is 5.32 Å². The molecule has 7 heteroatoms. The summed E-state index contributed by atoms with van der Waals surface area (Å²) in [5.74, 6) is -1.04. The summed E-state index contributed by atoms with van der Waals surface area (Å²) < 4.78 is 0. The molecule has 7 nitrogen and oxygen atoms in total. The Labute approximate surface area is 175 Å². The van der Waals surface area contributed by atoms with Crippen LogP contribution >= 0.6 is 0 Å². The number of carbonyl (C=O) groups excluding carboxylic acids is 3. The largest absolute Gasteiger partial charge is 0.395 e. The Morgan fingerprint density at radius 2 is 1.73 bits per heavy atom. The van der Waals surface area contributed by atoms with Crippen molar-refractivity contribution in [2.45, 2.75) is 20.8 Å². The van der Waals surface area contributed by atoms with Gasteiger partial charge in [-0.15, -0.1) is 0 Å². The molecule has 0 aliphatic carbocycles. The number of hydrogen-bond donors (Lipinski definition) is 2. The van der Waals surface area contributed by atoms with E-state index in [1.807, 2.05) is 26.0 Å². The monoisotopic (exact) mass is 407 g/mol. The standard InChI is InChI=1S/C23H25N3O4/c1-14-6-5-7-19(15(14)2)26-22(29)20(21(23(26)30)25(4)12-13-27)17-8-10-18(11-9-17)24-16(3)28/h5-11,27H,12-13H2,1-4H3,(H,24,28). The molecule has 30 heavy (non-hydrogen) atoms. The molecule has 0 atom stereocenters. The summed E-state index contributed by atoms with van der Waals surface area (Å²) in [5, 5.41) is 12.1. The molecule has 156 valence electrons. The van der Waals surface area contributed by atoms with Crippen LogP contribution in [0.15, 0.2) is 48.2 Å². The van der Waals surface area contributed by atoms with Gasteiger partial charge in [-0.25, -0.2) is 4.90 Å². The number of rotatable bonds is 6. The van der Waals surface area contributed by atoms with Crippen molar-refractivity contribution in [2.75, 3.05) is 30.4 Å². The normalized spacial score (nSPS) is 13.8. The molecular weight excluding hydrogens is 382 g/mol. The third-order valence-corrected chi connectivity index (χ3v) is 5.19. The maximum atomic E-state index is 13.5. The van der Waals surface area contributed by atoms with Gasteiger partial charge in [-0.05, 0) is 48.7 Å². The molecule has 0 saturated heterocycles. The molecule has 1 heterocycles. The number of likely N-dealkylation sites (N-methyl/N-ethyl adjacent to an activating group) is 1. The molecule has 2 N–H and O–H groups in total. The molecule has 3 rings (SSSR count). The number of amides is 3. The number of hydrogen-bond acceptors (Lipinski definition) is 5. The van der Waals surface area contributed by atoms with Crippen LogP contribution in [0.25, 0.3) is 5.57 Å². The van der Waals surface area contributed by atoms with Crippen LogP contribution in [0, 0.1) is 13.8 Å². The topological polar surface area (TPSA) is 90.0 Å². The summed E-state index contributed by atoms with van der Waals surface area (Å²) in [6.45, 7) is 5.28. The van der Waals surface area contributed by atoms with Crippen molar-refractivity contribution in [3.63, 3.8) is 0 Å². The minimum Gasteiger partial charge on any atom is -0.395 e. The minimum absolute atomic E-state index is 0.153. The third-order valence-electron chi connectivity index (χ3n) is 5.19. The SMILES string of the molecule is CC(=O)Nc1ccc(C2=C(N(C)CCO)C(=O)N(c3cccc(C)c3C)C2=O)cc1. The Morgan fingerprint density at radius 1 is 1.07 bits per heavy atom. The summed E-state index contributed by atoms with van der Waals surface area (Å²) >= 11 is 0. The van der Waals surface area contributed by atoms with Crippen molar-refractivity contribution in [1.82, 2.24) is 4.90 Å². The van der Waals surface area contributed by atoms with E-state index in [4.69, 9.17) is 0 Å². The van der Waals surface area contributed by atoms with Crippen molar-refractivity contribution in [3.8, 4) is 0 Å². The Kier molecular flexibility index (Phi) is 6.03. The second-order valence-corrected chi connectivity index (χ2v) is 7.29. The maximum absolute atomic E-state index is 13.5. The number of carbonyl (C=O) groups is 3. The predicted octanol–water partition coefficient (Wildman–Crippen LogP) is 2.47. The average molecular weight is 407 g/mol. The van der Waals surface area contributed by atoms with Gasteiger partial charge in [-0.1, -0.05) is 24.3 Å². The summed E-state index contributed by atoms with van der Waals surface area (Å²) in [6, 6.07) is 12.3. The van der Waals surface area contributed by atoms with Gasteiger partial charge >= 0.3 is 0 Å². The lowest BCUT2D eigenvalue weighted by Gasteiger charge is -2.21. The molecule has 0 unspecified atom stereocenters. The van der Waals surface area contributed by atoms with Crippen molar-refractivity contribution in [3.05, 3.63) is 64.9 Å². The molecule has 0 radical (unpaired) electrons. The van der Waals surface area contributed by atoms with Gasteiger partial charge < -0.3 is 15.3 Å². The molecule has 0 aromatic heterocycles. The zero-order chi connectivity index (χ0) is 22.0. The summed E-state index contributed by atoms with van der Waals surface area (Å²) in [5.41, 5.74) is 4.05. The number of aliphatic hydroxyl groups excluding tert-OH is 1. The van der Waals surface area contributed by atoms with Gasteiger partial charge in [-0.2, -0.15) is 0 Å². The number of nitrogens with one attached hydrogen (secondary N) is 1. The van der Waals surface area contributed by atoms with Crippen molar-refractivity contribution in [2.24, 2.45) is 0 Å². The van der Waals surface area contributed by atoms with Gasteiger partial charge in [0.2, 0.25) is 5.91 Å². The first-order valence-corrected chi connectivity index (χ1v) is 9.65. The molecule has 1 aliphatic rings. The second-order valence-electron chi connectivity index (χ2n) is 7.29. The van der Waals surface area contributed by atoms with Crippen LogP contribution in [-0.2, 0) is 14.4 Å². The lowest BCUT2D eigenvalue weighted by molar-refractivity contribution is -0.120. The van der Waals surface area contributed by atoms with Gasteiger partial charge in [0.05, 0.1) is 17.9 Å².